The van der Waals surface area contributed by atoms with Gasteiger partial charge in [0.05, 0.1) is 28.0 Å². The highest BCUT2D eigenvalue weighted by atomic mass is 32.1. The highest BCUT2D eigenvalue weighted by Crippen LogP contribution is 2.38. The third-order valence-electron chi connectivity index (χ3n) is 5.34. The molecule has 176 valence electrons. The fourth-order valence-corrected chi connectivity index (χ4v) is 4.55. The van der Waals surface area contributed by atoms with Gasteiger partial charge in [0.15, 0.2) is 5.01 Å². The van der Waals surface area contributed by atoms with E-state index in [0.29, 0.717) is 41.2 Å². The molecule has 34 heavy (non-hydrogen) atoms. The first-order valence-corrected chi connectivity index (χ1v) is 10.8. The molecule has 0 bridgehead atoms. The van der Waals surface area contributed by atoms with Crippen molar-refractivity contribution in [3.05, 3.63) is 70.6 Å². The molecule has 1 aliphatic heterocycles. The summed E-state index contributed by atoms with van der Waals surface area (Å²) in [6.45, 7) is 0.901. The van der Waals surface area contributed by atoms with Crippen LogP contribution in [0.1, 0.15) is 21.8 Å². The molecule has 2 aromatic carbocycles. The van der Waals surface area contributed by atoms with Gasteiger partial charge < -0.3 is 9.64 Å². The van der Waals surface area contributed by atoms with E-state index in [4.69, 9.17) is 4.74 Å². The third-order valence-corrected chi connectivity index (χ3v) is 6.41. The zero-order chi connectivity index (χ0) is 24.1. The Morgan fingerprint density at radius 3 is 2.38 bits per heavy atom. The molecule has 5 rings (SSSR count). The van der Waals surface area contributed by atoms with Crippen LogP contribution in [0.25, 0.3) is 10.2 Å². The van der Waals surface area contributed by atoms with Crippen LogP contribution in [-0.4, -0.2) is 21.5 Å². The number of hydrogen-bond donors (Lipinski definition) is 0. The lowest BCUT2D eigenvalue weighted by atomic mass is 10.1. The highest BCUT2D eigenvalue weighted by Gasteiger charge is 2.35. The van der Waals surface area contributed by atoms with Crippen molar-refractivity contribution in [2.75, 3.05) is 11.4 Å². The lowest BCUT2D eigenvalue weighted by molar-refractivity contribution is -0.138. The van der Waals surface area contributed by atoms with Gasteiger partial charge in [-0.3, -0.25) is 0 Å². The predicted molar refractivity (Wildman–Crippen MR) is 113 cm³/mol. The number of nitrogens with zero attached hydrogens (tertiary/aromatic N) is 4. The Morgan fingerprint density at radius 1 is 0.912 bits per heavy atom. The van der Waals surface area contributed by atoms with Crippen LogP contribution in [0.15, 0.2) is 48.8 Å². The summed E-state index contributed by atoms with van der Waals surface area (Å²) < 4.78 is 83.4. The minimum absolute atomic E-state index is 0.215. The Bertz CT molecular complexity index is 1350. The number of anilines is 1. The molecular formula is C22H14F6N4OS. The molecule has 0 fully saturated rings. The van der Waals surface area contributed by atoms with Gasteiger partial charge >= 0.3 is 12.4 Å². The molecule has 3 heterocycles. The van der Waals surface area contributed by atoms with Gasteiger partial charge in [-0.2, -0.15) is 26.3 Å². The Balaban J connectivity index is 1.36. The van der Waals surface area contributed by atoms with Crippen LogP contribution in [-0.2, 0) is 25.3 Å². The van der Waals surface area contributed by atoms with Gasteiger partial charge in [0.25, 0.3) is 0 Å². The molecule has 0 spiro atoms. The Hall–Kier alpha value is -3.41. The molecule has 12 heteroatoms. The lowest BCUT2D eigenvalue weighted by Gasteiger charge is -2.30. The number of ether oxygens (including phenoxy) is 1. The number of halogens is 6. The summed E-state index contributed by atoms with van der Waals surface area (Å²) in [7, 11) is 0. The summed E-state index contributed by atoms with van der Waals surface area (Å²) in [5, 5.41) is -0.888. The second-order valence-corrected chi connectivity index (χ2v) is 8.60. The maximum absolute atomic E-state index is 13.0. The standard InChI is InChI=1S/C22H14F6N4OS/c23-21(24,25)12-1-4-14(5-2-12)33-19-15-7-8-32(10-17(15)29-11-30-19)13-3-6-16-18(9-13)34-20(31-16)22(26,27)28/h1-6,9,11H,7-8,10H2. The molecule has 0 atom stereocenters. The maximum atomic E-state index is 13.0. The first-order valence-electron chi connectivity index (χ1n) is 9.98. The molecule has 5 nitrogen and oxygen atoms in total. The summed E-state index contributed by atoms with van der Waals surface area (Å²) in [6, 6.07) is 9.28. The van der Waals surface area contributed by atoms with Crippen molar-refractivity contribution in [2.45, 2.75) is 25.3 Å². The second kappa shape index (κ2) is 8.12. The number of thiazole rings is 1. The van der Waals surface area contributed by atoms with Crippen molar-refractivity contribution in [3.8, 4) is 11.6 Å². The van der Waals surface area contributed by atoms with Crippen LogP contribution in [0.4, 0.5) is 32.0 Å². The van der Waals surface area contributed by atoms with E-state index < -0.39 is 22.9 Å². The van der Waals surface area contributed by atoms with E-state index in [1.54, 1.807) is 18.2 Å². The number of alkyl halides is 6. The largest absolute Gasteiger partial charge is 0.443 e. The average Bonchev–Trinajstić information content (AvgIpc) is 3.23. The normalized spacial score (nSPS) is 14.4. The third kappa shape index (κ3) is 4.37. The Morgan fingerprint density at radius 2 is 1.68 bits per heavy atom. The predicted octanol–water partition coefficient (Wildman–Crippen LogP) is 6.48. The van der Waals surface area contributed by atoms with Crippen molar-refractivity contribution >= 4 is 27.2 Å². The van der Waals surface area contributed by atoms with Gasteiger partial charge in [0.2, 0.25) is 5.88 Å². The number of benzene rings is 2. The molecule has 0 unspecified atom stereocenters. The van der Waals surface area contributed by atoms with Crippen molar-refractivity contribution < 1.29 is 31.1 Å². The highest BCUT2D eigenvalue weighted by molar-refractivity contribution is 7.18. The number of rotatable bonds is 3. The lowest BCUT2D eigenvalue weighted by Crippen LogP contribution is -2.31. The summed E-state index contributed by atoms with van der Waals surface area (Å²) in [5.41, 5.74) is 1.65. The van der Waals surface area contributed by atoms with Crippen LogP contribution in [0.2, 0.25) is 0 Å². The molecule has 0 saturated heterocycles. The smallest absolute Gasteiger partial charge is 0.439 e. The summed E-state index contributed by atoms with van der Waals surface area (Å²) in [6.07, 6.45) is -7.13. The molecule has 2 aromatic heterocycles. The first-order chi connectivity index (χ1) is 16.1. The van der Waals surface area contributed by atoms with Crippen molar-refractivity contribution in [2.24, 2.45) is 0 Å². The number of aromatic nitrogens is 3. The zero-order valence-corrected chi connectivity index (χ0v) is 17.9. The van der Waals surface area contributed by atoms with Crippen LogP contribution >= 0.6 is 11.3 Å². The SMILES string of the molecule is FC(F)(F)c1ccc(Oc2ncnc3c2CCN(c2ccc4nc(C(F)(F)F)sc4c2)C3)cc1. The van der Waals surface area contributed by atoms with Gasteiger partial charge in [0, 0.05) is 17.8 Å². The molecule has 0 aliphatic carbocycles. The van der Waals surface area contributed by atoms with Gasteiger partial charge in [-0.05, 0) is 48.9 Å². The van der Waals surface area contributed by atoms with Gasteiger partial charge in [-0.1, -0.05) is 0 Å². The van der Waals surface area contributed by atoms with Gasteiger partial charge in [-0.15, -0.1) is 11.3 Å². The Labute approximate surface area is 192 Å². The molecule has 0 saturated carbocycles. The first kappa shape index (κ1) is 22.4. The fourth-order valence-electron chi connectivity index (χ4n) is 3.69. The van der Waals surface area contributed by atoms with Crippen LogP contribution in [0.5, 0.6) is 11.6 Å². The number of fused-ring (bicyclic) bond motifs is 2. The molecular weight excluding hydrogens is 482 g/mol. The van der Waals surface area contributed by atoms with Crippen LogP contribution in [0, 0.1) is 0 Å². The van der Waals surface area contributed by atoms with Crippen molar-refractivity contribution in [1.29, 1.82) is 0 Å². The minimum Gasteiger partial charge on any atom is -0.439 e. The topological polar surface area (TPSA) is 51.1 Å². The van der Waals surface area contributed by atoms with Crippen molar-refractivity contribution in [1.82, 2.24) is 15.0 Å². The number of hydrogen-bond acceptors (Lipinski definition) is 6. The quantitative estimate of drug-likeness (QED) is 0.304. The van der Waals surface area contributed by atoms with Crippen LogP contribution < -0.4 is 9.64 Å². The summed E-state index contributed by atoms with van der Waals surface area (Å²) >= 11 is 0.595. The molecule has 4 aromatic rings. The van der Waals surface area contributed by atoms with E-state index in [1.807, 2.05) is 4.90 Å². The van der Waals surface area contributed by atoms with E-state index in [-0.39, 0.29) is 17.1 Å². The van der Waals surface area contributed by atoms with Gasteiger partial charge in [0.1, 0.15) is 12.1 Å². The zero-order valence-electron chi connectivity index (χ0n) is 17.1. The van der Waals surface area contributed by atoms with Crippen LogP contribution in [0.3, 0.4) is 0 Å². The maximum Gasteiger partial charge on any atom is 0.443 e. The van der Waals surface area contributed by atoms with Gasteiger partial charge in [-0.25, -0.2) is 15.0 Å². The van der Waals surface area contributed by atoms with E-state index in [0.717, 1.165) is 23.4 Å². The summed E-state index contributed by atoms with van der Waals surface area (Å²) in [4.78, 5) is 14.1. The van der Waals surface area contributed by atoms with Crippen molar-refractivity contribution in [3.63, 3.8) is 0 Å². The van der Waals surface area contributed by atoms with E-state index >= 15 is 0 Å². The molecule has 1 aliphatic rings. The molecule has 0 amide bonds. The monoisotopic (exact) mass is 496 g/mol. The average molecular weight is 496 g/mol. The molecule has 0 radical (unpaired) electrons. The Kier molecular flexibility index (Phi) is 5.34. The van der Waals surface area contributed by atoms with E-state index in [9.17, 15) is 26.3 Å². The van der Waals surface area contributed by atoms with E-state index in [2.05, 4.69) is 15.0 Å². The minimum atomic E-state index is -4.49. The van der Waals surface area contributed by atoms with E-state index in [1.165, 1.54) is 18.5 Å². The summed E-state index contributed by atoms with van der Waals surface area (Å²) in [5.74, 6) is 0.476. The second-order valence-electron chi connectivity index (χ2n) is 7.57. The molecule has 0 N–H and O–H groups in total. The fraction of sp³-hybridized carbons (Fsp3) is 0.227.